The van der Waals surface area contributed by atoms with E-state index in [9.17, 15) is 22.8 Å². The molecule has 0 saturated carbocycles. The molecule has 1 amide bonds. The molecule has 12 heteroatoms. The highest BCUT2D eigenvalue weighted by molar-refractivity contribution is 7.13. The van der Waals surface area contributed by atoms with Crippen LogP contribution in [0.4, 0.5) is 24.5 Å². The zero-order valence-electron chi connectivity index (χ0n) is 16.0. The molecule has 1 aromatic carbocycles. The number of hydrogen-bond acceptors (Lipinski definition) is 7. The highest BCUT2D eigenvalue weighted by Gasteiger charge is 2.32. The lowest BCUT2D eigenvalue weighted by atomic mass is 10.1. The summed E-state index contributed by atoms with van der Waals surface area (Å²) in [4.78, 5) is 27.2. The van der Waals surface area contributed by atoms with Crippen LogP contribution >= 0.6 is 11.3 Å². The van der Waals surface area contributed by atoms with Crippen LogP contribution in [0.25, 0.3) is 10.7 Å². The van der Waals surface area contributed by atoms with Crippen molar-refractivity contribution in [3.05, 3.63) is 51.8 Å². The summed E-state index contributed by atoms with van der Waals surface area (Å²) in [6, 6.07) is 6.64. The van der Waals surface area contributed by atoms with Crippen LogP contribution in [0, 0.1) is 0 Å². The van der Waals surface area contributed by atoms with E-state index < -0.39 is 29.9 Å². The predicted molar refractivity (Wildman–Crippen MR) is 107 cm³/mol. The van der Waals surface area contributed by atoms with E-state index in [4.69, 9.17) is 4.74 Å². The number of carbonyl (C=O) groups is 1. The second kappa shape index (κ2) is 8.55. The third kappa shape index (κ3) is 4.64. The van der Waals surface area contributed by atoms with Crippen LogP contribution < -0.4 is 16.0 Å². The van der Waals surface area contributed by atoms with E-state index in [0.29, 0.717) is 36.9 Å². The molecule has 0 spiro atoms. The molecule has 1 fully saturated rings. The zero-order chi connectivity index (χ0) is 22.0. The molecule has 0 unspecified atom stereocenters. The third-order valence-corrected chi connectivity index (χ3v) is 5.55. The molecule has 3 heterocycles. The van der Waals surface area contributed by atoms with Crippen molar-refractivity contribution in [3.63, 3.8) is 0 Å². The number of nitrogens with one attached hydrogen (secondary N) is 1. The summed E-state index contributed by atoms with van der Waals surface area (Å²) in [5, 5.41) is 7.98. The Morgan fingerprint density at radius 3 is 2.68 bits per heavy atom. The molecule has 1 N–H and O–H groups in total. The number of thiophene rings is 1. The van der Waals surface area contributed by atoms with Gasteiger partial charge in [-0.2, -0.15) is 13.2 Å². The number of alkyl halides is 3. The van der Waals surface area contributed by atoms with Crippen LogP contribution in [0.3, 0.4) is 0 Å². The van der Waals surface area contributed by atoms with E-state index in [1.54, 1.807) is 17.5 Å². The van der Waals surface area contributed by atoms with E-state index in [1.165, 1.54) is 17.4 Å². The molecule has 1 saturated heterocycles. The van der Waals surface area contributed by atoms with Crippen molar-refractivity contribution >= 4 is 28.6 Å². The fourth-order valence-electron chi connectivity index (χ4n) is 3.22. The summed E-state index contributed by atoms with van der Waals surface area (Å²) in [6.07, 6.45) is -4.57. The first-order chi connectivity index (χ1) is 14.8. The maximum atomic E-state index is 13.2. The standard InChI is InChI=1S/C19H17F3N4O4S/c20-19(21,22)12-3-4-14(25-5-7-29-8-6-25)13(10-12)23-16(27)11-26-17(24-30-18(26)28)15-2-1-9-31-15/h1-4,9-10H,5-8,11H2,(H,23,27). The molecule has 3 aromatic rings. The largest absolute Gasteiger partial charge is 0.442 e. The van der Waals surface area contributed by atoms with Gasteiger partial charge < -0.3 is 15.0 Å². The minimum Gasteiger partial charge on any atom is -0.378 e. The number of anilines is 2. The normalized spacial score (nSPS) is 14.6. The van der Waals surface area contributed by atoms with Gasteiger partial charge in [-0.25, -0.2) is 9.36 Å². The van der Waals surface area contributed by atoms with E-state index in [2.05, 4.69) is 15.0 Å². The van der Waals surface area contributed by atoms with Crippen molar-refractivity contribution in [2.75, 3.05) is 36.5 Å². The molecule has 31 heavy (non-hydrogen) atoms. The van der Waals surface area contributed by atoms with Gasteiger partial charge in [0.25, 0.3) is 0 Å². The highest BCUT2D eigenvalue weighted by atomic mass is 32.1. The van der Waals surface area contributed by atoms with Gasteiger partial charge in [-0.1, -0.05) is 11.2 Å². The number of carbonyl (C=O) groups excluding carboxylic acids is 1. The summed E-state index contributed by atoms with van der Waals surface area (Å²) >= 11 is 1.30. The van der Waals surface area contributed by atoms with Crippen LogP contribution in [0.15, 0.2) is 45.0 Å². The molecular weight excluding hydrogens is 437 g/mol. The summed E-state index contributed by atoms with van der Waals surface area (Å²) in [7, 11) is 0. The van der Waals surface area contributed by atoms with Crippen LogP contribution in [-0.4, -0.2) is 41.9 Å². The fraction of sp³-hybridized carbons (Fsp3) is 0.316. The SMILES string of the molecule is O=C(Cn1c(-c2cccs2)noc1=O)Nc1cc(C(F)(F)F)ccc1N1CCOCC1. The number of amides is 1. The Kier molecular flexibility index (Phi) is 5.83. The first-order valence-corrected chi connectivity index (χ1v) is 10.1. The average molecular weight is 454 g/mol. The van der Waals surface area contributed by atoms with E-state index in [0.717, 1.165) is 16.7 Å². The van der Waals surface area contributed by atoms with Crippen LogP contribution in [0.2, 0.25) is 0 Å². The zero-order valence-corrected chi connectivity index (χ0v) is 16.8. The Labute approximate surface area is 177 Å². The molecule has 0 bridgehead atoms. The second-order valence-electron chi connectivity index (χ2n) is 6.71. The molecule has 2 aromatic heterocycles. The van der Waals surface area contributed by atoms with Gasteiger partial charge in [0.2, 0.25) is 5.91 Å². The summed E-state index contributed by atoms with van der Waals surface area (Å²) in [5.41, 5.74) is -0.439. The van der Waals surface area contributed by atoms with Gasteiger partial charge in [0, 0.05) is 13.1 Å². The topological polar surface area (TPSA) is 89.6 Å². The van der Waals surface area contributed by atoms with Crippen molar-refractivity contribution in [2.24, 2.45) is 0 Å². The van der Waals surface area contributed by atoms with Crippen LogP contribution in [0.5, 0.6) is 0 Å². The maximum absolute atomic E-state index is 13.2. The van der Waals surface area contributed by atoms with Gasteiger partial charge in [0.1, 0.15) is 6.54 Å². The number of morpholine rings is 1. The summed E-state index contributed by atoms with van der Waals surface area (Å²) in [5.74, 6) is -1.35. The van der Waals surface area contributed by atoms with E-state index >= 15 is 0 Å². The van der Waals surface area contributed by atoms with Gasteiger partial charge in [-0.05, 0) is 29.6 Å². The molecule has 0 atom stereocenters. The molecule has 8 nitrogen and oxygen atoms in total. The number of rotatable bonds is 5. The lowest BCUT2D eigenvalue weighted by Crippen LogP contribution is -2.37. The number of halogens is 3. The Morgan fingerprint density at radius 2 is 2.00 bits per heavy atom. The van der Waals surface area contributed by atoms with Crippen LogP contribution in [-0.2, 0) is 22.3 Å². The third-order valence-electron chi connectivity index (χ3n) is 4.68. The van der Waals surface area contributed by atoms with Crippen molar-refractivity contribution in [1.82, 2.24) is 9.72 Å². The van der Waals surface area contributed by atoms with Crippen molar-refractivity contribution in [3.8, 4) is 10.7 Å². The number of ether oxygens (including phenoxy) is 1. The Bertz CT molecular complexity index is 1120. The van der Waals surface area contributed by atoms with E-state index in [-0.39, 0.29) is 11.5 Å². The van der Waals surface area contributed by atoms with Crippen molar-refractivity contribution in [1.29, 1.82) is 0 Å². The quantitative estimate of drug-likeness (QED) is 0.638. The highest BCUT2D eigenvalue weighted by Crippen LogP contribution is 2.36. The van der Waals surface area contributed by atoms with Gasteiger partial charge >= 0.3 is 11.9 Å². The van der Waals surface area contributed by atoms with Crippen molar-refractivity contribution < 1.29 is 27.2 Å². The minimum atomic E-state index is -4.57. The smallest absolute Gasteiger partial charge is 0.378 e. The first kappa shape index (κ1) is 21.1. The monoisotopic (exact) mass is 454 g/mol. The van der Waals surface area contributed by atoms with Crippen molar-refractivity contribution in [2.45, 2.75) is 12.7 Å². The lowest BCUT2D eigenvalue weighted by molar-refractivity contribution is -0.137. The number of hydrogen-bond donors (Lipinski definition) is 1. The molecule has 1 aliphatic rings. The molecular formula is C19H17F3N4O4S. The Morgan fingerprint density at radius 1 is 1.23 bits per heavy atom. The lowest BCUT2D eigenvalue weighted by Gasteiger charge is -2.31. The van der Waals surface area contributed by atoms with Gasteiger partial charge in [-0.15, -0.1) is 11.3 Å². The van der Waals surface area contributed by atoms with Gasteiger partial charge in [0.15, 0.2) is 5.82 Å². The molecule has 1 aliphatic heterocycles. The van der Waals surface area contributed by atoms with Crippen LogP contribution in [0.1, 0.15) is 5.56 Å². The van der Waals surface area contributed by atoms with E-state index in [1.807, 2.05) is 4.90 Å². The molecule has 4 rings (SSSR count). The first-order valence-electron chi connectivity index (χ1n) is 9.27. The number of nitrogens with zero attached hydrogens (tertiary/aromatic N) is 3. The molecule has 0 aliphatic carbocycles. The van der Waals surface area contributed by atoms with Gasteiger partial charge in [0.05, 0.1) is 35.0 Å². The maximum Gasteiger partial charge on any atom is 0.442 e. The summed E-state index contributed by atoms with van der Waals surface area (Å²) < 4.78 is 50.7. The average Bonchev–Trinajstić information content (AvgIpc) is 3.38. The number of benzene rings is 1. The fourth-order valence-corrected chi connectivity index (χ4v) is 3.93. The van der Waals surface area contributed by atoms with Gasteiger partial charge in [-0.3, -0.25) is 9.32 Å². The number of aromatic nitrogens is 2. The predicted octanol–water partition coefficient (Wildman–Crippen LogP) is 3.06. The molecule has 0 radical (unpaired) electrons. The molecule has 164 valence electrons. The Balaban J connectivity index is 1.61. The minimum absolute atomic E-state index is 0.00361. The summed E-state index contributed by atoms with van der Waals surface area (Å²) in [6.45, 7) is 1.33. The Hall–Kier alpha value is -3.12. The second-order valence-corrected chi connectivity index (χ2v) is 7.66.